The molecule has 4 heterocycles. The van der Waals surface area contributed by atoms with Gasteiger partial charge in [0, 0.05) is 66.2 Å². The standard InChI is InChI=1S/C26H21NO.C18H25NSi.C15H17N.Ir/c1-17(2)19-14-15-27-23(16-19)21-13-12-20(18-8-4-3-5-9-18)25-22-10-6-7-11-24(22)28-26(21)25;1-14(2)11-16-12-17(15-9-7-6-8-10-15)19-13-18(16)20(3,4)5;1-12(2)10-13-8-9-16-15(11-13)14-6-4-3-5-7-14;/h3-17H,1-2H3;6-10,12-14H,11H2,1-5H3;3-9,11-12H,10H2,1-2H3;. The van der Waals surface area contributed by atoms with Crippen LogP contribution >= 0.6 is 0 Å². The van der Waals surface area contributed by atoms with Crippen molar-refractivity contribution in [1.29, 1.82) is 0 Å². The van der Waals surface area contributed by atoms with Gasteiger partial charge in [-0.3, -0.25) is 15.0 Å². The number of hydrogen-bond donors (Lipinski definition) is 0. The molecule has 5 aromatic carbocycles. The third kappa shape index (κ3) is 12.5. The summed E-state index contributed by atoms with van der Waals surface area (Å²) < 4.78 is 6.36. The molecule has 65 heavy (non-hydrogen) atoms. The predicted octanol–water partition coefficient (Wildman–Crippen LogP) is 15.9. The zero-order chi connectivity index (χ0) is 45.2. The average molecular weight is 1050 g/mol. The van der Waals surface area contributed by atoms with Gasteiger partial charge in [-0.2, -0.15) is 0 Å². The van der Waals surface area contributed by atoms with E-state index in [4.69, 9.17) is 9.40 Å². The van der Waals surface area contributed by atoms with Gasteiger partial charge in [-0.1, -0.05) is 176 Å². The number of aromatic nitrogens is 3. The molecule has 1 radical (unpaired) electrons. The Balaban J connectivity index is 0.000000168. The molecule has 0 saturated carbocycles. The summed E-state index contributed by atoms with van der Waals surface area (Å²) in [6.45, 7) is 20.7. The van der Waals surface area contributed by atoms with Gasteiger partial charge in [0.25, 0.3) is 0 Å². The number of fused-ring (bicyclic) bond motifs is 3. The van der Waals surface area contributed by atoms with Crippen LogP contribution in [0.5, 0.6) is 0 Å². The first-order valence-corrected chi connectivity index (χ1v) is 26.4. The van der Waals surface area contributed by atoms with Crippen molar-refractivity contribution >= 4 is 35.2 Å². The molecule has 0 N–H and O–H groups in total. The van der Waals surface area contributed by atoms with Gasteiger partial charge in [-0.05, 0) is 106 Å². The smallest absolute Gasteiger partial charge is 0.145 e. The zero-order valence-corrected chi connectivity index (χ0v) is 42.9. The van der Waals surface area contributed by atoms with E-state index in [0.717, 1.165) is 57.4 Å². The van der Waals surface area contributed by atoms with E-state index in [-0.39, 0.29) is 20.1 Å². The molecular weight excluding hydrogens is 987 g/mol. The summed E-state index contributed by atoms with van der Waals surface area (Å²) in [5.74, 6) is 1.82. The van der Waals surface area contributed by atoms with Crippen LogP contribution in [0.25, 0.3) is 66.8 Å². The zero-order valence-electron chi connectivity index (χ0n) is 39.5. The molecule has 0 atom stereocenters. The van der Waals surface area contributed by atoms with E-state index in [1.807, 2.05) is 48.8 Å². The fourth-order valence-electron chi connectivity index (χ4n) is 8.23. The Hall–Kier alpha value is -5.78. The van der Waals surface area contributed by atoms with E-state index in [2.05, 4.69) is 199 Å². The SMILES string of the molecule is CC(C)Cc1cc(-c2ccccc2)ncc1[Si](C)(C)C.CC(C)Cc1ccnc(-c2ccccc2)c1.CC(C)c1ccnc(-c2ccc(-c3ccccc3)c3c2oc2ccccc23)c1.[Ir]. The van der Waals surface area contributed by atoms with Gasteiger partial charge in [0.15, 0.2) is 0 Å². The second-order valence-electron chi connectivity index (χ2n) is 18.9. The van der Waals surface area contributed by atoms with Crippen molar-refractivity contribution < 1.29 is 24.5 Å². The van der Waals surface area contributed by atoms with Gasteiger partial charge in [-0.15, -0.1) is 0 Å². The normalized spacial score (nSPS) is 11.3. The van der Waals surface area contributed by atoms with Gasteiger partial charge in [0.05, 0.1) is 25.2 Å². The molecule has 4 nitrogen and oxygen atoms in total. The van der Waals surface area contributed by atoms with Crippen LogP contribution in [0.2, 0.25) is 19.6 Å². The van der Waals surface area contributed by atoms with Crippen LogP contribution in [0.1, 0.15) is 64.2 Å². The Labute approximate surface area is 402 Å². The fourth-order valence-corrected chi connectivity index (χ4v) is 9.82. The summed E-state index contributed by atoms with van der Waals surface area (Å²) in [5.41, 5.74) is 14.9. The molecule has 0 saturated heterocycles. The second-order valence-corrected chi connectivity index (χ2v) is 24.0. The van der Waals surface area contributed by atoms with Crippen LogP contribution in [0.4, 0.5) is 0 Å². The molecule has 9 aromatic rings. The van der Waals surface area contributed by atoms with E-state index in [9.17, 15) is 0 Å². The molecule has 0 bridgehead atoms. The van der Waals surface area contributed by atoms with Gasteiger partial charge in [-0.25, -0.2) is 0 Å². The first kappa shape index (κ1) is 48.7. The summed E-state index contributed by atoms with van der Waals surface area (Å²) in [4.78, 5) is 13.8. The van der Waals surface area contributed by atoms with Crippen LogP contribution < -0.4 is 5.19 Å². The summed E-state index contributed by atoms with van der Waals surface area (Å²) >= 11 is 0. The fraction of sp³-hybridized carbons (Fsp3) is 0.237. The molecule has 0 aliphatic carbocycles. The van der Waals surface area contributed by atoms with E-state index < -0.39 is 8.07 Å². The van der Waals surface area contributed by atoms with Crippen molar-refractivity contribution in [3.8, 4) is 44.9 Å². The van der Waals surface area contributed by atoms with Gasteiger partial charge >= 0.3 is 0 Å². The Morgan fingerprint density at radius 1 is 0.508 bits per heavy atom. The van der Waals surface area contributed by atoms with Crippen molar-refractivity contribution in [3.05, 3.63) is 193 Å². The average Bonchev–Trinajstić information content (AvgIpc) is 3.69. The Morgan fingerprint density at radius 2 is 1.05 bits per heavy atom. The first-order chi connectivity index (χ1) is 30.9. The van der Waals surface area contributed by atoms with Crippen LogP contribution in [0, 0.1) is 11.8 Å². The molecule has 0 spiro atoms. The van der Waals surface area contributed by atoms with E-state index in [1.165, 1.54) is 44.1 Å². The molecule has 0 aliphatic heterocycles. The van der Waals surface area contributed by atoms with Crippen molar-refractivity contribution in [2.24, 2.45) is 11.8 Å². The molecule has 0 fully saturated rings. The predicted molar refractivity (Wildman–Crippen MR) is 276 cm³/mol. The van der Waals surface area contributed by atoms with Crippen molar-refractivity contribution in [3.63, 3.8) is 0 Å². The van der Waals surface area contributed by atoms with E-state index in [0.29, 0.717) is 17.8 Å². The van der Waals surface area contributed by atoms with Crippen molar-refractivity contribution in [1.82, 2.24) is 15.0 Å². The molecule has 9 rings (SSSR count). The van der Waals surface area contributed by atoms with Gasteiger partial charge in [0.1, 0.15) is 11.2 Å². The van der Waals surface area contributed by atoms with Crippen molar-refractivity contribution in [2.75, 3.05) is 0 Å². The first-order valence-electron chi connectivity index (χ1n) is 22.9. The Bertz CT molecular complexity index is 2900. The molecule has 0 amide bonds. The largest absolute Gasteiger partial charge is 0.455 e. The Morgan fingerprint density at radius 3 is 1.65 bits per heavy atom. The maximum Gasteiger partial charge on any atom is 0.145 e. The van der Waals surface area contributed by atoms with E-state index in [1.54, 1.807) is 0 Å². The quantitative estimate of drug-likeness (QED) is 0.128. The van der Waals surface area contributed by atoms with Crippen molar-refractivity contribution in [2.45, 2.75) is 79.9 Å². The van der Waals surface area contributed by atoms with Crippen LogP contribution in [-0.2, 0) is 32.9 Å². The van der Waals surface area contributed by atoms with Crippen LogP contribution in [-0.4, -0.2) is 23.0 Å². The molecule has 6 heteroatoms. The van der Waals surface area contributed by atoms with Gasteiger partial charge < -0.3 is 4.42 Å². The number of furan rings is 1. The third-order valence-electron chi connectivity index (χ3n) is 11.4. The third-order valence-corrected chi connectivity index (χ3v) is 13.4. The molecule has 0 unspecified atom stereocenters. The minimum absolute atomic E-state index is 0. The topological polar surface area (TPSA) is 51.8 Å². The summed E-state index contributed by atoms with van der Waals surface area (Å²) in [7, 11) is -1.33. The summed E-state index contributed by atoms with van der Waals surface area (Å²) in [6.07, 6.45) is 8.18. The molecular formula is C59H63IrN3OSi. The van der Waals surface area contributed by atoms with E-state index >= 15 is 0 Å². The number of nitrogens with zero attached hydrogens (tertiary/aromatic N) is 3. The summed E-state index contributed by atoms with van der Waals surface area (Å²) in [6, 6.07) is 54.7. The monoisotopic (exact) mass is 1050 g/mol. The second kappa shape index (κ2) is 22.4. The molecule has 333 valence electrons. The minimum Gasteiger partial charge on any atom is -0.455 e. The van der Waals surface area contributed by atoms with Crippen LogP contribution in [0.15, 0.2) is 181 Å². The molecule has 4 aromatic heterocycles. The summed E-state index contributed by atoms with van der Waals surface area (Å²) in [5, 5.41) is 3.79. The number of pyridine rings is 3. The van der Waals surface area contributed by atoms with Gasteiger partial charge in [0.2, 0.25) is 0 Å². The van der Waals surface area contributed by atoms with Crippen LogP contribution in [0.3, 0.4) is 0 Å². The maximum atomic E-state index is 6.36. The molecule has 0 aliphatic rings. The number of benzene rings is 5. The Kier molecular flexibility index (Phi) is 16.8. The number of para-hydroxylation sites is 1. The minimum atomic E-state index is -1.33. The maximum absolute atomic E-state index is 6.36. The number of rotatable bonds is 10. The number of hydrogen-bond acceptors (Lipinski definition) is 4.